The van der Waals surface area contributed by atoms with Crippen LogP contribution in [-0.4, -0.2) is 54.9 Å². The molecule has 0 aromatic heterocycles. The van der Waals surface area contributed by atoms with Crippen LogP contribution in [-0.2, 0) is 14.3 Å². The minimum atomic E-state index is -0.669. The average Bonchev–Trinajstić information content (AvgIpc) is 2.99. The van der Waals surface area contributed by atoms with E-state index in [1.807, 2.05) is 18.2 Å². The first kappa shape index (κ1) is 20.1. The SMILES string of the molecule is O=C(COC(=O)CCN1C(=O)c2ccccc2C1=O)NCCOc1ccccc1. The van der Waals surface area contributed by atoms with Crippen LogP contribution in [0.2, 0.25) is 0 Å². The van der Waals surface area contributed by atoms with E-state index >= 15 is 0 Å². The van der Waals surface area contributed by atoms with E-state index in [-0.39, 0.29) is 26.1 Å². The van der Waals surface area contributed by atoms with Crippen LogP contribution < -0.4 is 10.1 Å². The largest absolute Gasteiger partial charge is 0.492 e. The summed E-state index contributed by atoms with van der Waals surface area (Å²) in [6, 6.07) is 15.6. The molecule has 0 atom stereocenters. The number of fused-ring (bicyclic) bond motifs is 1. The number of nitrogens with one attached hydrogen (secondary N) is 1. The molecule has 0 aliphatic carbocycles. The molecule has 3 rings (SSSR count). The van der Waals surface area contributed by atoms with Crippen LogP contribution in [0.1, 0.15) is 27.1 Å². The lowest BCUT2D eigenvalue weighted by Crippen LogP contribution is -2.34. The van der Waals surface area contributed by atoms with Gasteiger partial charge in [0.15, 0.2) is 6.61 Å². The topological polar surface area (TPSA) is 102 Å². The first-order valence-corrected chi connectivity index (χ1v) is 9.11. The molecule has 0 spiro atoms. The molecule has 8 nitrogen and oxygen atoms in total. The number of hydrogen-bond donors (Lipinski definition) is 1. The van der Waals surface area contributed by atoms with Crippen molar-refractivity contribution in [1.29, 1.82) is 0 Å². The van der Waals surface area contributed by atoms with Gasteiger partial charge >= 0.3 is 5.97 Å². The van der Waals surface area contributed by atoms with Gasteiger partial charge in [0.25, 0.3) is 17.7 Å². The number of carbonyl (C=O) groups excluding carboxylic acids is 4. The van der Waals surface area contributed by atoms with E-state index in [1.54, 1.807) is 36.4 Å². The number of esters is 1. The van der Waals surface area contributed by atoms with Crippen molar-refractivity contribution in [1.82, 2.24) is 10.2 Å². The summed E-state index contributed by atoms with van der Waals surface area (Å²) in [5, 5.41) is 2.57. The molecule has 0 bridgehead atoms. The zero-order valence-corrected chi connectivity index (χ0v) is 15.6. The normalized spacial score (nSPS) is 12.5. The second-order valence-electron chi connectivity index (χ2n) is 6.23. The Balaban J connectivity index is 1.32. The van der Waals surface area contributed by atoms with Crippen LogP contribution in [0.5, 0.6) is 5.75 Å². The van der Waals surface area contributed by atoms with Gasteiger partial charge in [-0.15, -0.1) is 0 Å². The van der Waals surface area contributed by atoms with Gasteiger partial charge in [-0.05, 0) is 24.3 Å². The van der Waals surface area contributed by atoms with Gasteiger partial charge in [0, 0.05) is 6.54 Å². The minimum Gasteiger partial charge on any atom is -0.492 e. The molecule has 8 heteroatoms. The van der Waals surface area contributed by atoms with Crippen LogP contribution in [0.4, 0.5) is 0 Å². The number of imide groups is 1. The first-order chi connectivity index (χ1) is 14.1. The molecular weight excluding hydrogens is 376 g/mol. The van der Waals surface area contributed by atoms with E-state index in [1.165, 1.54) is 0 Å². The summed E-state index contributed by atoms with van der Waals surface area (Å²) >= 11 is 0. The van der Waals surface area contributed by atoms with E-state index in [9.17, 15) is 19.2 Å². The third kappa shape index (κ3) is 5.19. The molecule has 0 fully saturated rings. The summed E-state index contributed by atoms with van der Waals surface area (Å²) in [6.45, 7) is 0.00770. The van der Waals surface area contributed by atoms with Crippen molar-refractivity contribution < 1.29 is 28.7 Å². The van der Waals surface area contributed by atoms with Gasteiger partial charge in [-0.1, -0.05) is 30.3 Å². The van der Waals surface area contributed by atoms with Crippen molar-refractivity contribution in [3.05, 3.63) is 65.7 Å². The Labute approximate surface area is 167 Å². The van der Waals surface area contributed by atoms with Crippen molar-refractivity contribution in [2.45, 2.75) is 6.42 Å². The van der Waals surface area contributed by atoms with Gasteiger partial charge < -0.3 is 14.8 Å². The number of amides is 3. The van der Waals surface area contributed by atoms with Gasteiger partial charge in [0.2, 0.25) is 0 Å². The fourth-order valence-electron chi connectivity index (χ4n) is 2.79. The van der Waals surface area contributed by atoms with E-state index in [4.69, 9.17) is 9.47 Å². The molecule has 150 valence electrons. The molecule has 0 saturated carbocycles. The number of hydrogen-bond acceptors (Lipinski definition) is 6. The Kier molecular flexibility index (Phi) is 6.57. The highest BCUT2D eigenvalue weighted by Crippen LogP contribution is 2.22. The van der Waals surface area contributed by atoms with E-state index < -0.39 is 30.3 Å². The lowest BCUT2D eigenvalue weighted by molar-refractivity contribution is -0.148. The fraction of sp³-hybridized carbons (Fsp3) is 0.238. The van der Waals surface area contributed by atoms with Crippen molar-refractivity contribution in [3.63, 3.8) is 0 Å². The van der Waals surface area contributed by atoms with Gasteiger partial charge in [0.05, 0.1) is 24.1 Å². The maximum Gasteiger partial charge on any atom is 0.308 e. The van der Waals surface area contributed by atoms with E-state index in [2.05, 4.69) is 5.32 Å². The number of para-hydroxylation sites is 1. The molecule has 2 aromatic rings. The van der Waals surface area contributed by atoms with Crippen molar-refractivity contribution in [3.8, 4) is 5.75 Å². The Morgan fingerprint density at radius 3 is 2.17 bits per heavy atom. The first-order valence-electron chi connectivity index (χ1n) is 9.11. The number of rotatable bonds is 9. The van der Waals surface area contributed by atoms with E-state index in [0.717, 1.165) is 4.90 Å². The van der Waals surface area contributed by atoms with Gasteiger partial charge in [-0.3, -0.25) is 24.1 Å². The Hall–Kier alpha value is -3.68. The fourth-order valence-corrected chi connectivity index (χ4v) is 2.79. The van der Waals surface area contributed by atoms with Crippen LogP contribution >= 0.6 is 0 Å². The zero-order valence-electron chi connectivity index (χ0n) is 15.6. The van der Waals surface area contributed by atoms with Crippen LogP contribution in [0, 0.1) is 0 Å². The quantitative estimate of drug-likeness (QED) is 0.391. The monoisotopic (exact) mass is 396 g/mol. The van der Waals surface area contributed by atoms with Gasteiger partial charge in [0.1, 0.15) is 12.4 Å². The Morgan fingerprint density at radius 2 is 1.52 bits per heavy atom. The van der Waals surface area contributed by atoms with Crippen molar-refractivity contribution in [2.75, 3.05) is 26.3 Å². The smallest absolute Gasteiger partial charge is 0.308 e. The van der Waals surface area contributed by atoms with Gasteiger partial charge in [-0.25, -0.2) is 0 Å². The molecule has 1 aliphatic rings. The summed E-state index contributed by atoms with van der Waals surface area (Å²) in [5.41, 5.74) is 0.644. The maximum atomic E-state index is 12.2. The van der Waals surface area contributed by atoms with Crippen LogP contribution in [0.15, 0.2) is 54.6 Å². The number of nitrogens with zero attached hydrogens (tertiary/aromatic N) is 1. The standard InChI is InChI=1S/C21H20N2O6/c24-18(22-11-13-28-15-6-2-1-3-7-15)14-29-19(25)10-12-23-20(26)16-8-4-5-9-17(16)21(23)27/h1-9H,10-14H2,(H,22,24). The third-order valence-corrected chi connectivity index (χ3v) is 4.22. The molecule has 29 heavy (non-hydrogen) atoms. The summed E-state index contributed by atoms with van der Waals surface area (Å²) in [5.74, 6) is -1.31. The zero-order chi connectivity index (χ0) is 20.6. The molecule has 0 radical (unpaired) electrons. The Morgan fingerprint density at radius 1 is 0.897 bits per heavy atom. The van der Waals surface area contributed by atoms with Gasteiger partial charge in [-0.2, -0.15) is 0 Å². The third-order valence-electron chi connectivity index (χ3n) is 4.22. The molecule has 0 saturated heterocycles. The molecule has 0 unspecified atom stereocenters. The van der Waals surface area contributed by atoms with E-state index in [0.29, 0.717) is 16.9 Å². The lowest BCUT2D eigenvalue weighted by Gasteiger charge is -2.13. The lowest BCUT2D eigenvalue weighted by atomic mass is 10.1. The minimum absolute atomic E-state index is 0.0995. The number of benzene rings is 2. The summed E-state index contributed by atoms with van der Waals surface area (Å²) < 4.78 is 10.3. The molecule has 1 N–H and O–H groups in total. The highest BCUT2D eigenvalue weighted by molar-refractivity contribution is 6.21. The van der Waals surface area contributed by atoms with Crippen molar-refractivity contribution >= 4 is 23.7 Å². The maximum absolute atomic E-state index is 12.2. The summed E-state index contributed by atoms with van der Waals surface area (Å²) in [6.07, 6.45) is -0.185. The highest BCUT2D eigenvalue weighted by Gasteiger charge is 2.35. The molecule has 1 aliphatic heterocycles. The van der Waals surface area contributed by atoms with Crippen molar-refractivity contribution in [2.24, 2.45) is 0 Å². The highest BCUT2D eigenvalue weighted by atomic mass is 16.5. The molecule has 2 aromatic carbocycles. The molecule has 1 heterocycles. The number of carbonyl (C=O) groups is 4. The van der Waals surface area contributed by atoms with Crippen LogP contribution in [0.3, 0.4) is 0 Å². The molecule has 3 amide bonds. The second-order valence-corrected chi connectivity index (χ2v) is 6.23. The summed E-state index contributed by atoms with van der Waals surface area (Å²) in [4.78, 5) is 49.0. The number of ether oxygens (including phenoxy) is 2. The predicted molar refractivity (Wildman–Crippen MR) is 102 cm³/mol. The molecular formula is C21H20N2O6. The second kappa shape index (κ2) is 9.50. The van der Waals surface area contributed by atoms with Crippen LogP contribution in [0.25, 0.3) is 0 Å². The Bertz CT molecular complexity index is 877. The summed E-state index contributed by atoms with van der Waals surface area (Å²) in [7, 11) is 0. The average molecular weight is 396 g/mol. The predicted octanol–water partition coefficient (Wildman–Crippen LogP) is 1.41.